The van der Waals surface area contributed by atoms with Crippen LogP contribution < -0.4 is 5.32 Å². The zero-order valence-electron chi connectivity index (χ0n) is 19.9. The molecule has 1 aromatic carbocycles. The van der Waals surface area contributed by atoms with Crippen LogP contribution in [0.2, 0.25) is 0 Å². The molecule has 3 heterocycles. The maximum Gasteiger partial charge on any atom is 0.410 e. The minimum atomic E-state index is -0.472. The van der Waals surface area contributed by atoms with Crippen LogP contribution in [0.1, 0.15) is 59.1 Å². The van der Waals surface area contributed by atoms with E-state index < -0.39 is 5.60 Å². The molecule has 0 radical (unpaired) electrons. The van der Waals surface area contributed by atoms with Crippen LogP contribution in [-0.2, 0) is 4.74 Å². The monoisotopic (exact) mass is 438 g/mol. The number of benzene rings is 1. The van der Waals surface area contributed by atoms with Gasteiger partial charge >= 0.3 is 6.09 Å². The normalized spacial score (nSPS) is 14.6. The van der Waals surface area contributed by atoms with Crippen LogP contribution in [0.25, 0.3) is 10.9 Å². The molecule has 1 amide bonds. The fourth-order valence-electron chi connectivity index (χ4n) is 3.64. The minimum Gasteiger partial charge on any atom is -0.444 e. The first-order valence-electron chi connectivity index (χ1n) is 11.3. The van der Waals surface area contributed by atoms with Gasteiger partial charge in [0.15, 0.2) is 0 Å². The van der Waals surface area contributed by atoms with E-state index in [1.807, 2.05) is 76.8 Å². The molecule has 0 bridgehead atoms. The number of para-hydroxylation sites is 1. The topological polar surface area (TPSA) is 85.2 Å². The number of hydrogen-bond acceptors (Lipinski definition) is 6. The quantitative estimate of drug-likeness (QED) is 0.583. The van der Waals surface area contributed by atoms with Gasteiger partial charge in [0.1, 0.15) is 5.60 Å². The summed E-state index contributed by atoms with van der Waals surface area (Å²) in [4.78, 5) is 23.1. The first-order valence-corrected chi connectivity index (χ1v) is 11.3. The average Bonchev–Trinajstić information content (AvgIpc) is 3.23. The highest BCUT2D eigenvalue weighted by Crippen LogP contribution is 2.25. The average molecular weight is 439 g/mol. The van der Waals surface area contributed by atoms with Crippen molar-refractivity contribution in [2.45, 2.75) is 66.0 Å². The number of anilines is 2. The van der Waals surface area contributed by atoms with E-state index in [0.29, 0.717) is 19.0 Å². The van der Waals surface area contributed by atoms with Crippen LogP contribution in [0.4, 0.5) is 16.4 Å². The molecular formula is C24H34N6O2. The molecule has 0 atom stereocenters. The van der Waals surface area contributed by atoms with Crippen LogP contribution >= 0.6 is 0 Å². The Morgan fingerprint density at radius 2 is 1.88 bits per heavy atom. The maximum absolute atomic E-state index is 12.2. The van der Waals surface area contributed by atoms with Crippen LogP contribution in [0, 0.1) is 6.92 Å². The van der Waals surface area contributed by atoms with Gasteiger partial charge < -0.3 is 15.0 Å². The highest BCUT2D eigenvalue weighted by atomic mass is 16.6. The molecule has 0 unspecified atom stereocenters. The van der Waals surface area contributed by atoms with Gasteiger partial charge in [0.05, 0.1) is 23.4 Å². The summed E-state index contributed by atoms with van der Waals surface area (Å²) in [5.74, 6) is 0.552. The Morgan fingerprint density at radius 3 is 2.56 bits per heavy atom. The number of nitrogens with zero attached hydrogens (tertiary/aromatic N) is 5. The molecule has 4 rings (SSSR count). The third kappa shape index (κ3) is 5.75. The van der Waals surface area contributed by atoms with E-state index in [0.717, 1.165) is 35.0 Å². The molecule has 0 aliphatic carbocycles. The van der Waals surface area contributed by atoms with Crippen molar-refractivity contribution in [3.8, 4) is 0 Å². The zero-order valence-corrected chi connectivity index (χ0v) is 19.9. The number of likely N-dealkylation sites (tertiary alicyclic amines) is 1. The summed E-state index contributed by atoms with van der Waals surface area (Å²) in [5.41, 5.74) is 2.43. The van der Waals surface area contributed by atoms with E-state index in [2.05, 4.69) is 20.4 Å². The van der Waals surface area contributed by atoms with E-state index >= 15 is 0 Å². The second kappa shape index (κ2) is 9.97. The zero-order chi connectivity index (χ0) is 23.3. The highest BCUT2D eigenvalue weighted by molar-refractivity contribution is 5.82. The highest BCUT2D eigenvalue weighted by Gasteiger charge is 2.27. The van der Waals surface area contributed by atoms with Crippen molar-refractivity contribution in [3.63, 3.8) is 0 Å². The van der Waals surface area contributed by atoms with Gasteiger partial charge in [0.2, 0.25) is 5.95 Å². The number of aryl methyl sites for hydroxylation is 1. The molecule has 1 aliphatic rings. The van der Waals surface area contributed by atoms with E-state index in [4.69, 9.17) is 4.74 Å². The van der Waals surface area contributed by atoms with E-state index in [1.165, 1.54) is 0 Å². The summed E-state index contributed by atoms with van der Waals surface area (Å²) >= 11 is 0. The lowest BCUT2D eigenvalue weighted by molar-refractivity contribution is 0.0185. The lowest BCUT2D eigenvalue weighted by Gasteiger charge is -2.33. The van der Waals surface area contributed by atoms with Crippen molar-refractivity contribution in [1.82, 2.24) is 24.6 Å². The van der Waals surface area contributed by atoms with Gasteiger partial charge in [-0.3, -0.25) is 4.68 Å². The van der Waals surface area contributed by atoms with Gasteiger partial charge in [-0.1, -0.05) is 32.0 Å². The number of rotatable bonds is 3. The Bertz CT molecular complexity index is 1050. The van der Waals surface area contributed by atoms with E-state index in [1.54, 1.807) is 11.1 Å². The number of nitrogens with one attached hydrogen (secondary N) is 1. The largest absolute Gasteiger partial charge is 0.444 e. The van der Waals surface area contributed by atoms with Gasteiger partial charge in [-0.25, -0.2) is 14.8 Å². The molecule has 1 fully saturated rings. The van der Waals surface area contributed by atoms with E-state index in [9.17, 15) is 4.79 Å². The molecule has 3 aromatic rings. The summed E-state index contributed by atoms with van der Waals surface area (Å²) in [6.45, 7) is 13.0. The summed E-state index contributed by atoms with van der Waals surface area (Å²) in [6, 6.07) is 6.31. The summed E-state index contributed by atoms with van der Waals surface area (Å²) in [6.07, 6.45) is 7.02. The first kappa shape index (κ1) is 23.5. The van der Waals surface area contributed by atoms with Crippen molar-refractivity contribution in [2.24, 2.45) is 0 Å². The molecule has 0 spiro atoms. The molecular weight excluding hydrogens is 404 g/mol. The molecule has 0 saturated carbocycles. The van der Waals surface area contributed by atoms with Crippen LogP contribution in [0.5, 0.6) is 0 Å². The third-order valence-corrected chi connectivity index (χ3v) is 5.16. The molecule has 8 nitrogen and oxygen atoms in total. The van der Waals surface area contributed by atoms with Crippen molar-refractivity contribution < 1.29 is 9.53 Å². The maximum atomic E-state index is 12.2. The third-order valence-electron chi connectivity index (χ3n) is 5.16. The van der Waals surface area contributed by atoms with Gasteiger partial charge in [0.25, 0.3) is 0 Å². The summed E-state index contributed by atoms with van der Waals surface area (Å²) < 4.78 is 7.43. The Morgan fingerprint density at radius 1 is 1.16 bits per heavy atom. The minimum absolute atomic E-state index is 0.243. The Hall–Kier alpha value is -3.16. The molecule has 32 heavy (non-hydrogen) atoms. The lowest BCUT2D eigenvalue weighted by atomic mass is 10.1. The fraction of sp³-hybridized carbons (Fsp3) is 0.500. The molecule has 1 saturated heterocycles. The number of fused-ring (bicyclic) bond motifs is 1. The van der Waals surface area contributed by atoms with Crippen molar-refractivity contribution in [2.75, 3.05) is 18.4 Å². The number of ether oxygens (including phenoxy) is 1. The SMILES string of the molecule is CC.Cc1cccc2cnc(Nc3cnn(C4CCN(C(=O)OC(C)(C)C)CC4)c3)nc12. The van der Waals surface area contributed by atoms with Crippen LogP contribution in [-0.4, -0.2) is 49.4 Å². The van der Waals surface area contributed by atoms with Crippen molar-refractivity contribution in [1.29, 1.82) is 0 Å². The van der Waals surface area contributed by atoms with E-state index in [-0.39, 0.29) is 12.1 Å². The van der Waals surface area contributed by atoms with Gasteiger partial charge in [-0.15, -0.1) is 0 Å². The van der Waals surface area contributed by atoms with Crippen molar-refractivity contribution >= 4 is 28.6 Å². The molecule has 1 N–H and O–H groups in total. The number of carbonyl (C=O) groups is 1. The Labute approximate surface area is 190 Å². The second-order valence-electron chi connectivity index (χ2n) is 8.74. The number of aromatic nitrogens is 4. The predicted molar refractivity (Wildman–Crippen MR) is 127 cm³/mol. The number of carbonyl (C=O) groups excluding carboxylic acids is 1. The standard InChI is InChI=1S/C22H28N6O2.C2H6/c1-15-6-5-7-16-12-23-20(26-19(15)16)25-17-13-24-28(14-17)18-8-10-27(11-9-18)21(29)30-22(2,3)4;1-2/h5-7,12-14,18H,8-11H2,1-4H3,(H,23,25,26);1-2H3. The molecule has 8 heteroatoms. The predicted octanol–water partition coefficient (Wildman–Crippen LogP) is 5.48. The van der Waals surface area contributed by atoms with Gasteiger partial charge in [-0.2, -0.15) is 5.10 Å². The number of hydrogen-bond donors (Lipinski definition) is 1. The van der Waals surface area contributed by atoms with Crippen LogP contribution in [0.3, 0.4) is 0 Å². The number of amides is 1. The molecule has 2 aromatic heterocycles. The molecule has 172 valence electrons. The lowest BCUT2D eigenvalue weighted by Crippen LogP contribution is -2.42. The fourth-order valence-corrected chi connectivity index (χ4v) is 3.64. The summed E-state index contributed by atoms with van der Waals surface area (Å²) in [5, 5.41) is 8.78. The molecule has 1 aliphatic heterocycles. The smallest absolute Gasteiger partial charge is 0.410 e. The number of piperidine rings is 1. The first-order chi connectivity index (χ1) is 15.3. The van der Waals surface area contributed by atoms with Gasteiger partial charge in [0, 0.05) is 30.9 Å². The Balaban J connectivity index is 0.00000141. The van der Waals surface area contributed by atoms with Crippen LogP contribution in [0.15, 0.2) is 36.8 Å². The van der Waals surface area contributed by atoms with Crippen molar-refractivity contribution in [3.05, 3.63) is 42.4 Å². The van der Waals surface area contributed by atoms with Gasteiger partial charge in [-0.05, 0) is 46.1 Å². The Kier molecular flexibility index (Phi) is 7.33. The summed E-state index contributed by atoms with van der Waals surface area (Å²) in [7, 11) is 0. The second-order valence-corrected chi connectivity index (χ2v) is 8.74.